The molecule has 0 aliphatic rings. The molecule has 0 aliphatic heterocycles. The summed E-state index contributed by atoms with van der Waals surface area (Å²) in [5.41, 5.74) is 6.07. The van der Waals surface area contributed by atoms with Gasteiger partial charge in [0, 0.05) is 11.8 Å². The standard InChI is InChI=1S/C9H13N3O2/c1-2-3-4-7-5-6-11-9(10)8(7)12(13)14/h5-6H,2-4H2,1H3,(H2,10,11). The zero-order valence-corrected chi connectivity index (χ0v) is 8.06. The molecule has 0 fully saturated rings. The molecule has 0 atom stereocenters. The molecule has 0 aliphatic carbocycles. The summed E-state index contributed by atoms with van der Waals surface area (Å²) in [4.78, 5) is 13.9. The van der Waals surface area contributed by atoms with Gasteiger partial charge in [0.2, 0.25) is 5.82 Å². The molecule has 1 aromatic rings. The topological polar surface area (TPSA) is 82.0 Å². The van der Waals surface area contributed by atoms with Crippen LogP contribution in [0.5, 0.6) is 0 Å². The summed E-state index contributed by atoms with van der Waals surface area (Å²) in [6, 6.07) is 1.66. The van der Waals surface area contributed by atoms with Crippen molar-refractivity contribution in [2.24, 2.45) is 0 Å². The first-order chi connectivity index (χ1) is 6.66. The number of pyridine rings is 1. The van der Waals surface area contributed by atoms with Crippen LogP contribution in [0.15, 0.2) is 12.3 Å². The molecular formula is C9H13N3O2. The van der Waals surface area contributed by atoms with E-state index < -0.39 is 4.92 Å². The Labute approximate surface area is 82.1 Å². The Hall–Kier alpha value is -1.65. The van der Waals surface area contributed by atoms with Gasteiger partial charge >= 0.3 is 5.69 Å². The molecule has 0 aromatic carbocycles. The van der Waals surface area contributed by atoms with Gasteiger partial charge < -0.3 is 5.73 Å². The van der Waals surface area contributed by atoms with E-state index in [9.17, 15) is 10.1 Å². The summed E-state index contributed by atoms with van der Waals surface area (Å²) in [5, 5.41) is 10.7. The number of aromatic nitrogens is 1. The number of nitrogen functional groups attached to an aromatic ring is 1. The third-order valence-corrected chi connectivity index (χ3v) is 2.02. The Kier molecular flexibility index (Phi) is 3.39. The molecule has 0 bridgehead atoms. The Morgan fingerprint density at radius 1 is 1.64 bits per heavy atom. The van der Waals surface area contributed by atoms with Crippen LogP contribution >= 0.6 is 0 Å². The van der Waals surface area contributed by atoms with Crippen molar-refractivity contribution in [2.75, 3.05) is 5.73 Å². The van der Waals surface area contributed by atoms with Gasteiger partial charge in [-0.05, 0) is 18.9 Å². The molecule has 0 radical (unpaired) electrons. The van der Waals surface area contributed by atoms with Crippen LogP contribution < -0.4 is 5.73 Å². The van der Waals surface area contributed by atoms with Crippen molar-refractivity contribution >= 4 is 11.5 Å². The van der Waals surface area contributed by atoms with E-state index in [1.807, 2.05) is 6.92 Å². The predicted molar refractivity (Wildman–Crippen MR) is 53.9 cm³/mol. The van der Waals surface area contributed by atoms with Crippen molar-refractivity contribution in [3.8, 4) is 0 Å². The van der Waals surface area contributed by atoms with Crippen LogP contribution in [0.4, 0.5) is 11.5 Å². The molecule has 0 saturated heterocycles. The van der Waals surface area contributed by atoms with Gasteiger partial charge in [-0.25, -0.2) is 4.98 Å². The van der Waals surface area contributed by atoms with Gasteiger partial charge in [-0.3, -0.25) is 10.1 Å². The Morgan fingerprint density at radius 2 is 2.36 bits per heavy atom. The van der Waals surface area contributed by atoms with Gasteiger partial charge in [0.25, 0.3) is 0 Å². The number of nitrogens with zero attached hydrogens (tertiary/aromatic N) is 2. The highest BCUT2D eigenvalue weighted by molar-refractivity contribution is 5.57. The van der Waals surface area contributed by atoms with E-state index in [-0.39, 0.29) is 11.5 Å². The van der Waals surface area contributed by atoms with Gasteiger partial charge in [-0.15, -0.1) is 0 Å². The third kappa shape index (κ3) is 2.18. The first-order valence-corrected chi connectivity index (χ1v) is 4.54. The summed E-state index contributed by atoms with van der Waals surface area (Å²) in [7, 11) is 0. The van der Waals surface area contributed by atoms with E-state index >= 15 is 0 Å². The SMILES string of the molecule is CCCCc1ccnc(N)c1[N+](=O)[O-]. The molecule has 0 saturated carbocycles. The van der Waals surface area contributed by atoms with Gasteiger partial charge in [0.05, 0.1) is 4.92 Å². The van der Waals surface area contributed by atoms with E-state index in [1.165, 1.54) is 6.20 Å². The second kappa shape index (κ2) is 4.55. The Balaban J connectivity index is 3.02. The summed E-state index contributed by atoms with van der Waals surface area (Å²) in [5.74, 6) is 0.00334. The minimum Gasteiger partial charge on any atom is -0.378 e. The largest absolute Gasteiger partial charge is 0.378 e. The first kappa shape index (κ1) is 10.4. The molecule has 5 heteroatoms. The van der Waals surface area contributed by atoms with Crippen molar-refractivity contribution in [1.82, 2.24) is 4.98 Å². The minimum atomic E-state index is -0.465. The highest BCUT2D eigenvalue weighted by Gasteiger charge is 2.17. The normalized spacial score (nSPS) is 10.1. The molecule has 1 aromatic heterocycles. The molecule has 0 spiro atoms. The second-order valence-electron chi connectivity index (χ2n) is 3.06. The van der Waals surface area contributed by atoms with Crippen LogP contribution in [0, 0.1) is 10.1 Å². The maximum absolute atomic E-state index is 10.7. The fourth-order valence-corrected chi connectivity index (χ4v) is 1.29. The van der Waals surface area contributed by atoms with Crippen molar-refractivity contribution in [2.45, 2.75) is 26.2 Å². The number of nitro groups is 1. The average molecular weight is 195 g/mol. The lowest BCUT2D eigenvalue weighted by Crippen LogP contribution is -2.02. The zero-order valence-electron chi connectivity index (χ0n) is 8.06. The lowest BCUT2D eigenvalue weighted by molar-refractivity contribution is -0.384. The molecule has 76 valence electrons. The molecule has 14 heavy (non-hydrogen) atoms. The van der Waals surface area contributed by atoms with E-state index in [1.54, 1.807) is 6.07 Å². The van der Waals surface area contributed by atoms with E-state index in [0.717, 1.165) is 12.8 Å². The number of hydrogen-bond donors (Lipinski definition) is 1. The van der Waals surface area contributed by atoms with Crippen molar-refractivity contribution in [3.63, 3.8) is 0 Å². The average Bonchev–Trinajstić information content (AvgIpc) is 2.14. The van der Waals surface area contributed by atoms with Crippen molar-refractivity contribution in [1.29, 1.82) is 0 Å². The number of aryl methyl sites for hydroxylation is 1. The summed E-state index contributed by atoms with van der Waals surface area (Å²) < 4.78 is 0. The molecule has 1 heterocycles. The molecule has 2 N–H and O–H groups in total. The van der Waals surface area contributed by atoms with Crippen LogP contribution in [-0.4, -0.2) is 9.91 Å². The smallest absolute Gasteiger partial charge is 0.314 e. The number of rotatable bonds is 4. The number of unbranched alkanes of at least 4 members (excludes halogenated alkanes) is 1. The third-order valence-electron chi connectivity index (χ3n) is 2.02. The van der Waals surface area contributed by atoms with Crippen LogP contribution in [0.1, 0.15) is 25.3 Å². The maximum atomic E-state index is 10.7. The number of nitrogens with two attached hydrogens (primary N) is 1. The lowest BCUT2D eigenvalue weighted by Gasteiger charge is -2.02. The van der Waals surface area contributed by atoms with E-state index in [2.05, 4.69) is 4.98 Å². The first-order valence-electron chi connectivity index (χ1n) is 4.54. The Bertz CT molecular complexity index is 339. The minimum absolute atomic E-state index is 0.00334. The van der Waals surface area contributed by atoms with Crippen molar-refractivity contribution in [3.05, 3.63) is 27.9 Å². The fraction of sp³-hybridized carbons (Fsp3) is 0.444. The summed E-state index contributed by atoms with van der Waals surface area (Å²) in [6.07, 6.45) is 4.11. The van der Waals surface area contributed by atoms with Gasteiger partial charge in [-0.2, -0.15) is 0 Å². The fourth-order valence-electron chi connectivity index (χ4n) is 1.29. The maximum Gasteiger partial charge on any atom is 0.314 e. The van der Waals surface area contributed by atoms with Crippen LogP contribution in [0.3, 0.4) is 0 Å². The highest BCUT2D eigenvalue weighted by Crippen LogP contribution is 2.24. The van der Waals surface area contributed by atoms with E-state index in [4.69, 9.17) is 5.73 Å². The number of hydrogen-bond acceptors (Lipinski definition) is 4. The molecular weight excluding hydrogens is 182 g/mol. The second-order valence-corrected chi connectivity index (χ2v) is 3.06. The summed E-state index contributed by atoms with van der Waals surface area (Å²) in [6.45, 7) is 2.04. The quantitative estimate of drug-likeness (QED) is 0.587. The van der Waals surface area contributed by atoms with Crippen LogP contribution in [0.25, 0.3) is 0 Å². The van der Waals surface area contributed by atoms with Crippen LogP contribution in [-0.2, 0) is 6.42 Å². The number of anilines is 1. The van der Waals surface area contributed by atoms with Crippen molar-refractivity contribution < 1.29 is 4.92 Å². The zero-order chi connectivity index (χ0) is 10.6. The van der Waals surface area contributed by atoms with E-state index in [0.29, 0.717) is 12.0 Å². The predicted octanol–water partition coefficient (Wildman–Crippen LogP) is 1.91. The molecule has 5 nitrogen and oxygen atoms in total. The lowest BCUT2D eigenvalue weighted by atomic mass is 10.1. The monoisotopic (exact) mass is 195 g/mol. The molecule has 1 rings (SSSR count). The van der Waals surface area contributed by atoms with Crippen LogP contribution in [0.2, 0.25) is 0 Å². The Morgan fingerprint density at radius 3 is 2.93 bits per heavy atom. The van der Waals surface area contributed by atoms with Gasteiger partial charge in [0.15, 0.2) is 0 Å². The molecule has 0 amide bonds. The summed E-state index contributed by atoms with van der Waals surface area (Å²) >= 11 is 0. The molecule has 0 unspecified atom stereocenters. The highest BCUT2D eigenvalue weighted by atomic mass is 16.6. The van der Waals surface area contributed by atoms with Gasteiger partial charge in [0.1, 0.15) is 0 Å². The van der Waals surface area contributed by atoms with Gasteiger partial charge in [-0.1, -0.05) is 13.3 Å².